The number of rotatable bonds is 9. The van der Waals surface area contributed by atoms with Crippen molar-refractivity contribution in [1.29, 1.82) is 0 Å². The third kappa shape index (κ3) is 5.47. The highest BCUT2D eigenvalue weighted by atomic mass is 19.1. The number of hydrogen-bond donors (Lipinski definition) is 1. The Kier molecular flexibility index (Phi) is 7.14. The number of ether oxygens (including phenoxy) is 2. The fourth-order valence-corrected chi connectivity index (χ4v) is 4.45. The van der Waals surface area contributed by atoms with Gasteiger partial charge in [0.05, 0.1) is 12.0 Å². The molecule has 188 valence electrons. The fraction of sp³-hybridized carbons (Fsp3) is 0.167. The Bertz CT molecular complexity index is 1330. The average Bonchev–Trinajstić information content (AvgIpc) is 2.92. The van der Waals surface area contributed by atoms with Gasteiger partial charge in [0.2, 0.25) is 5.91 Å². The van der Waals surface area contributed by atoms with Gasteiger partial charge in [-0.2, -0.15) is 0 Å². The summed E-state index contributed by atoms with van der Waals surface area (Å²) in [4.78, 5) is 14.7. The summed E-state index contributed by atoms with van der Waals surface area (Å²) in [6, 6.07) is 27.8. The molecule has 3 atom stereocenters. The summed E-state index contributed by atoms with van der Waals surface area (Å²) in [5.74, 6) is -0.814. The number of benzene rings is 4. The van der Waals surface area contributed by atoms with Gasteiger partial charge in [-0.05, 0) is 71.8 Å². The Morgan fingerprint density at radius 3 is 1.97 bits per heavy atom. The van der Waals surface area contributed by atoms with E-state index in [-0.39, 0.29) is 12.5 Å². The molecular formula is C30H25F2NO4. The summed E-state index contributed by atoms with van der Waals surface area (Å²) in [5.41, 5.74) is 2.37. The highest BCUT2D eigenvalue weighted by Crippen LogP contribution is 2.45. The second-order valence-corrected chi connectivity index (χ2v) is 8.83. The predicted molar refractivity (Wildman–Crippen MR) is 135 cm³/mol. The van der Waals surface area contributed by atoms with E-state index >= 15 is 0 Å². The maximum absolute atomic E-state index is 13.5. The topological polar surface area (TPSA) is 59.0 Å². The van der Waals surface area contributed by atoms with E-state index in [1.54, 1.807) is 4.90 Å². The second-order valence-electron chi connectivity index (χ2n) is 8.83. The highest BCUT2D eigenvalue weighted by Gasteiger charge is 2.52. The number of aliphatic hydroxyl groups is 1. The van der Waals surface area contributed by atoms with Crippen molar-refractivity contribution in [2.45, 2.75) is 18.8 Å². The number of amides is 1. The van der Waals surface area contributed by atoms with Crippen LogP contribution in [0, 0.1) is 17.6 Å². The normalized spacial score (nSPS) is 17.7. The molecule has 1 saturated heterocycles. The van der Waals surface area contributed by atoms with Crippen molar-refractivity contribution < 1.29 is 28.2 Å². The van der Waals surface area contributed by atoms with Crippen LogP contribution in [0.25, 0.3) is 0 Å². The lowest BCUT2D eigenvalue weighted by Crippen LogP contribution is -2.60. The minimum atomic E-state index is -1.12. The number of nitrogens with zero attached hydrogens (tertiary/aromatic N) is 1. The lowest BCUT2D eigenvalue weighted by molar-refractivity contribution is -0.137. The van der Waals surface area contributed by atoms with E-state index in [4.69, 9.17) is 9.47 Å². The van der Waals surface area contributed by atoms with Crippen LogP contribution >= 0.6 is 0 Å². The molecule has 0 aliphatic carbocycles. The number of carbonyl (C=O) groups excluding carboxylic acids is 1. The first-order chi connectivity index (χ1) is 18.0. The molecule has 37 heavy (non-hydrogen) atoms. The van der Waals surface area contributed by atoms with Gasteiger partial charge in [-0.1, -0.05) is 42.5 Å². The van der Waals surface area contributed by atoms with Gasteiger partial charge in [0.25, 0.3) is 0 Å². The van der Waals surface area contributed by atoms with Crippen molar-refractivity contribution in [3.05, 3.63) is 126 Å². The average molecular weight is 502 g/mol. The maximum atomic E-state index is 13.5. The van der Waals surface area contributed by atoms with Gasteiger partial charge in [0, 0.05) is 5.69 Å². The predicted octanol–water partition coefficient (Wildman–Crippen LogP) is 5.69. The highest BCUT2D eigenvalue weighted by molar-refractivity contribution is 6.03. The number of halogens is 2. The summed E-state index contributed by atoms with van der Waals surface area (Å²) < 4.78 is 38.2. The fourth-order valence-electron chi connectivity index (χ4n) is 4.45. The van der Waals surface area contributed by atoms with E-state index in [1.807, 2.05) is 54.6 Å². The Balaban J connectivity index is 1.34. The Morgan fingerprint density at radius 2 is 1.32 bits per heavy atom. The molecule has 0 radical (unpaired) electrons. The molecule has 1 aliphatic rings. The van der Waals surface area contributed by atoms with E-state index in [2.05, 4.69) is 0 Å². The van der Waals surface area contributed by atoms with Crippen molar-refractivity contribution in [2.24, 2.45) is 5.92 Å². The molecule has 0 bridgehead atoms. The molecule has 5 rings (SSSR count). The van der Waals surface area contributed by atoms with Gasteiger partial charge in [0.15, 0.2) is 0 Å². The molecule has 1 fully saturated rings. The Morgan fingerprint density at radius 1 is 0.757 bits per heavy atom. The smallest absolute Gasteiger partial charge is 0.235 e. The standard InChI is InChI=1S/C30H25F2NO4/c31-22-8-12-24(13-9-22)33-29(21-6-14-25(15-7-21)36-18-20-4-2-1-3-5-20)28(30(33)35)27(34)19-37-26-16-10-23(32)11-17-26/h1-17,27-29,34H,18-19H2/t27?,28-,29-/m1/s1. The number of carbonyl (C=O) groups is 1. The first kappa shape index (κ1) is 24.5. The quantitative estimate of drug-likeness (QED) is 0.300. The van der Waals surface area contributed by atoms with Crippen LogP contribution in [0.15, 0.2) is 103 Å². The molecule has 0 spiro atoms. The summed E-state index contributed by atoms with van der Waals surface area (Å²) in [7, 11) is 0. The van der Waals surface area contributed by atoms with Crippen molar-refractivity contribution in [1.82, 2.24) is 0 Å². The van der Waals surface area contributed by atoms with Crippen molar-refractivity contribution in [3.8, 4) is 11.5 Å². The SMILES string of the molecule is O=C1[C@H](C(O)COc2ccc(F)cc2)[C@@H](c2ccc(OCc3ccccc3)cc2)N1c1ccc(F)cc1. The molecule has 1 aliphatic heterocycles. The van der Waals surface area contributed by atoms with Crippen LogP contribution in [0.2, 0.25) is 0 Å². The zero-order valence-electron chi connectivity index (χ0n) is 19.8. The van der Waals surface area contributed by atoms with Crippen molar-refractivity contribution >= 4 is 11.6 Å². The minimum Gasteiger partial charge on any atom is -0.491 e. The van der Waals surface area contributed by atoms with Crippen LogP contribution in [0.4, 0.5) is 14.5 Å². The van der Waals surface area contributed by atoms with Gasteiger partial charge in [-0.15, -0.1) is 0 Å². The van der Waals surface area contributed by atoms with E-state index in [0.29, 0.717) is 23.8 Å². The molecule has 0 saturated carbocycles. The molecule has 1 N–H and O–H groups in total. The monoisotopic (exact) mass is 501 g/mol. The van der Waals surface area contributed by atoms with Gasteiger partial charge in [-0.25, -0.2) is 8.78 Å². The third-order valence-corrected chi connectivity index (χ3v) is 6.36. The first-order valence-corrected chi connectivity index (χ1v) is 11.9. The van der Waals surface area contributed by atoms with Crippen molar-refractivity contribution in [2.75, 3.05) is 11.5 Å². The zero-order valence-corrected chi connectivity index (χ0v) is 19.8. The number of aliphatic hydroxyl groups excluding tert-OH is 1. The van der Waals surface area contributed by atoms with Gasteiger partial charge < -0.3 is 19.5 Å². The number of β-lactam (4-membered cyclic amide) rings is 1. The molecule has 1 heterocycles. The molecule has 5 nitrogen and oxygen atoms in total. The van der Waals surface area contributed by atoms with Gasteiger partial charge in [-0.3, -0.25) is 4.79 Å². The van der Waals surface area contributed by atoms with Crippen LogP contribution in [-0.2, 0) is 11.4 Å². The summed E-state index contributed by atoms with van der Waals surface area (Å²) in [6.45, 7) is 0.278. The molecule has 7 heteroatoms. The minimum absolute atomic E-state index is 0.145. The molecule has 1 amide bonds. The lowest BCUT2D eigenvalue weighted by Gasteiger charge is -2.49. The van der Waals surface area contributed by atoms with Crippen LogP contribution in [0.5, 0.6) is 11.5 Å². The maximum Gasteiger partial charge on any atom is 0.235 e. The van der Waals surface area contributed by atoms with Crippen LogP contribution in [-0.4, -0.2) is 23.7 Å². The molecule has 1 unspecified atom stereocenters. The Hall–Kier alpha value is -4.23. The van der Waals surface area contributed by atoms with E-state index < -0.39 is 29.7 Å². The summed E-state index contributed by atoms with van der Waals surface area (Å²) in [6.07, 6.45) is -1.12. The second kappa shape index (κ2) is 10.8. The zero-order chi connectivity index (χ0) is 25.8. The van der Waals surface area contributed by atoms with Gasteiger partial charge in [0.1, 0.15) is 42.5 Å². The number of anilines is 1. The largest absolute Gasteiger partial charge is 0.491 e. The number of hydrogen-bond acceptors (Lipinski definition) is 4. The molecule has 4 aromatic rings. The van der Waals surface area contributed by atoms with Crippen LogP contribution in [0.3, 0.4) is 0 Å². The molecular weight excluding hydrogens is 476 g/mol. The summed E-state index contributed by atoms with van der Waals surface area (Å²) in [5, 5.41) is 10.9. The van der Waals surface area contributed by atoms with E-state index in [0.717, 1.165) is 11.1 Å². The molecule has 4 aromatic carbocycles. The first-order valence-electron chi connectivity index (χ1n) is 11.9. The van der Waals surface area contributed by atoms with Gasteiger partial charge >= 0.3 is 0 Å². The van der Waals surface area contributed by atoms with Crippen LogP contribution < -0.4 is 14.4 Å². The third-order valence-electron chi connectivity index (χ3n) is 6.36. The summed E-state index contributed by atoms with van der Waals surface area (Å²) >= 11 is 0. The molecule has 0 aromatic heterocycles. The Labute approximate surface area is 213 Å². The van der Waals surface area contributed by atoms with Crippen molar-refractivity contribution in [3.63, 3.8) is 0 Å². The lowest BCUT2D eigenvalue weighted by atomic mass is 9.78. The van der Waals surface area contributed by atoms with E-state index in [9.17, 15) is 18.7 Å². The van der Waals surface area contributed by atoms with E-state index in [1.165, 1.54) is 48.5 Å². The van der Waals surface area contributed by atoms with Crippen LogP contribution in [0.1, 0.15) is 17.2 Å².